The number of nitro groups is 1. The maximum absolute atomic E-state index is 12.4. The van der Waals surface area contributed by atoms with E-state index in [9.17, 15) is 23.3 Å². The van der Waals surface area contributed by atoms with Crippen LogP contribution in [0.4, 0.5) is 5.69 Å². The van der Waals surface area contributed by atoms with Crippen molar-refractivity contribution in [2.24, 2.45) is 0 Å². The van der Waals surface area contributed by atoms with Crippen molar-refractivity contribution in [1.82, 2.24) is 4.31 Å². The first-order valence-corrected chi connectivity index (χ1v) is 7.05. The molecule has 112 valence electrons. The minimum absolute atomic E-state index is 0.0742. The van der Waals surface area contributed by atoms with E-state index in [1.807, 2.05) is 0 Å². The Labute approximate surface area is 121 Å². The molecule has 0 spiro atoms. The third-order valence-electron chi connectivity index (χ3n) is 2.65. The number of hydrogen-bond donors (Lipinski definition) is 1. The summed E-state index contributed by atoms with van der Waals surface area (Å²) in [7, 11) is -4.24. The Bertz CT molecular complexity index is 720. The minimum Gasteiger partial charge on any atom is -0.480 e. The quantitative estimate of drug-likeness (QED) is 0.467. The van der Waals surface area contributed by atoms with Crippen LogP contribution in [0.2, 0.25) is 0 Å². The summed E-state index contributed by atoms with van der Waals surface area (Å²) < 4.78 is 25.4. The smallest absolute Gasteiger partial charge is 0.318 e. The molecule has 9 heteroatoms. The summed E-state index contributed by atoms with van der Waals surface area (Å²) in [6, 6.07) is 3.55. The van der Waals surface area contributed by atoms with Gasteiger partial charge in [-0.2, -0.15) is 4.31 Å². The number of sulfonamides is 1. The molecule has 0 heterocycles. The average molecular weight is 312 g/mol. The van der Waals surface area contributed by atoms with Crippen molar-refractivity contribution in [3.8, 4) is 12.3 Å². The lowest BCUT2D eigenvalue weighted by Crippen LogP contribution is -2.36. The van der Waals surface area contributed by atoms with Gasteiger partial charge in [-0.05, 0) is 13.0 Å². The van der Waals surface area contributed by atoms with Crippen molar-refractivity contribution in [2.45, 2.75) is 11.8 Å². The van der Waals surface area contributed by atoms with Gasteiger partial charge in [0.1, 0.15) is 6.54 Å². The fraction of sp³-hybridized carbons (Fsp3) is 0.250. The number of nitro benzene ring substituents is 1. The molecule has 1 N–H and O–H groups in total. The first kappa shape index (κ1) is 16.6. The van der Waals surface area contributed by atoms with Gasteiger partial charge in [-0.15, -0.1) is 6.42 Å². The summed E-state index contributed by atoms with van der Waals surface area (Å²) in [5.74, 6) is 0.678. The van der Waals surface area contributed by atoms with E-state index in [1.54, 1.807) is 0 Å². The van der Waals surface area contributed by atoms with Gasteiger partial charge < -0.3 is 5.11 Å². The van der Waals surface area contributed by atoms with Crippen LogP contribution in [0.1, 0.15) is 5.56 Å². The zero-order valence-corrected chi connectivity index (χ0v) is 11.8. The van der Waals surface area contributed by atoms with E-state index in [0.29, 0.717) is 4.31 Å². The highest BCUT2D eigenvalue weighted by Crippen LogP contribution is 2.26. The predicted octanol–water partition coefficient (Wildman–Crippen LogP) is 0.612. The molecule has 1 aromatic rings. The Morgan fingerprint density at radius 2 is 2.14 bits per heavy atom. The molecule has 8 nitrogen and oxygen atoms in total. The molecule has 0 bridgehead atoms. The highest BCUT2D eigenvalue weighted by molar-refractivity contribution is 7.89. The Kier molecular flexibility index (Phi) is 5.02. The zero-order chi connectivity index (χ0) is 16.2. The first-order chi connectivity index (χ1) is 9.71. The molecular weight excluding hydrogens is 300 g/mol. The number of carbonyl (C=O) groups is 1. The maximum Gasteiger partial charge on any atom is 0.318 e. The molecule has 0 saturated heterocycles. The van der Waals surface area contributed by atoms with Crippen molar-refractivity contribution < 1.29 is 23.2 Å². The SMILES string of the molecule is C#CCN(CC(=O)O)S(=O)(=O)c1cccc([N+](=O)[O-])c1C. The molecule has 0 fully saturated rings. The van der Waals surface area contributed by atoms with Crippen LogP contribution < -0.4 is 0 Å². The number of aliphatic carboxylic acids is 1. The molecule has 0 unspecified atom stereocenters. The standard InChI is InChI=1S/C12H12N2O6S/c1-3-7-13(8-12(15)16)21(19,20)11-6-4-5-10(9(11)2)14(17)18/h1,4-6H,7-8H2,2H3,(H,15,16). The fourth-order valence-electron chi connectivity index (χ4n) is 1.70. The average Bonchev–Trinajstić information content (AvgIpc) is 2.37. The number of hydrogen-bond acceptors (Lipinski definition) is 5. The maximum atomic E-state index is 12.4. The number of terminal acetylenes is 1. The number of rotatable bonds is 6. The lowest BCUT2D eigenvalue weighted by molar-refractivity contribution is -0.385. The van der Waals surface area contributed by atoms with Crippen LogP contribution in [0.5, 0.6) is 0 Å². The molecule has 0 saturated carbocycles. The molecule has 21 heavy (non-hydrogen) atoms. The van der Waals surface area contributed by atoms with E-state index in [-0.39, 0.29) is 16.1 Å². The van der Waals surface area contributed by atoms with Crippen LogP contribution in [0, 0.1) is 29.4 Å². The summed E-state index contributed by atoms with van der Waals surface area (Å²) in [6.45, 7) is 0.00523. The second-order valence-corrected chi connectivity index (χ2v) is 5.93. The van der Waals surface area contributed by atoms with E-state index in [1.165, 1.54) is 19.1 Å². The Balaban J connectivity index is 3.42. The van der Waals surface area contributed by atoms with Gasteiger partial charge in [-0.25, -0.2) is 8.42 Å². The van der Waals surface area contributed by atoms with E-state index < -0.39 is 34.0 Å². The Morgan fingerprint density at radius 3 is 2.62 bits per heavy atom. The summed E-state index contributed by atoms with van der Waals surface area (Å²) >= 11 is 0. The molecule has 0 amide bonds. The molecule has 0 aliphatic rings. The van der Waals surface area contributed by atoms with Gasteiger partial charge in [0.15, 0.2) is 0 Å². The summed E-state index contributed by atoms with van der Waals surface area (Å²) in [4.78, 5) is 20.5. The van der Waals surface area contributed by atoms with Crippen molar-refractivity contribution in [1.29, 1.82) is 0 Å². The van der Waals surface area contributed by atoms with E-state index >= 15 is 0 Å². The van der Waals surface area contributed by atoms with Crippen molar-refractivity contribution in [3.05, 3.63) is 33.9 Å². The fourth-order valence-corrected chi connectivity index (χ4v) is 3.24. The molecule has 0 radical (unpaired) electrons. The predicted molar refractivity (Wildman–Crippen MR) is 73.1 cm³/mol. The molecule has 0 aromatic heterocycles. The summed E-state index contributed by atoms with van der Waals surface area (Å²) in [6.07, 6.45) is 5.04. The van der Waals surface area contributed by atoms with Crippen LogP contribution in [0.15, 0.2) is 23.1 Å². The minimum atomic E-state index is -4.24. The van der Waals surface area contributed by atoms with E-state index in [0.717, 1.165) is 6.07 Å². The number of carboxylic acid groups (broad SMARTS) is 1. The lowest BCUT2D eigenvalue weighted by atomic mass is 10.2. The molecular formula is C12H12N2O6S. The highest BCUT2D eigenvalue weighted by Gasteiger charge is 2.30. The first-order valence-electron chi connectivity index (χ1n) is 5.61. The summed E-state index contributed by atoms with van der Waals surface area (Å²) in [5.41, 5.74) is -0.443. The number of benzene rings is 1. The van der Waals surface area contributed by atoms with Crippen LogP contribution in [0.3, 0.4) is 0 Å². The van der Waals surface area contributed by atoms with Gasteiger partial charge in [0.05, 0.1) is 16.4 Å². The van der Waals surface area contributed by atoms with Gasteiger partial charge in [0.2, 0.25) is 10.0 Å². The summed E-state index contributed by atoms with van der Waals surface area (Å²) in [5, 5.41) is 19.6. The molecule has 0 aliphatic carbocycles. The van der Waals surface area contributed by atoms with E-state index in [4.69, 9.17) is 11.5 Å². The van der Waals surface area contributed by atoms with Gasteiger partial charge in [0.25, 0.3) is 5.69 Å². The largest absolute Gasteiger partial charge is 0.480 e. The van der Waals surface area contributed by atoms with Crippen LogP contribution >= 0.6 is 0 Å². The van der Waals surface area contributed by atoms with E-state index in [2.05, 4.69) is 5.92 Å². The third-order valence-corrected chi connectivity index (χ3v) is 4.59. The van der Waals surface area contributed by atoms with Crippen molar-refractivity contribution in [3.63, 3.8) is 0 Å². The van der Waals surface area contributed by atoms with Crippen LogP contribution in [-0.2, 0) is 14.8 Å². The second-order valence-electron chi connectivity index (χ2n) is 4.03. The van der Waals surface area contributed by atoms with Crippen molar-refractivity contribution in [2.75, 3.05) is 13.1 Å². The normalized spacial score (nSPS) is 11.1. The lowest BCUT2D eigenvalue weighted by Gasteiger charge is -2.18. The zero-order valence-electron chi connectivity index (χ0n) is 11.0. The molecule has 0 atom stereocenters. The molecule has 1 aromatic carbocycles. The number of nitrogens with zero attached hydrogens (tertiary/aromatic N) is 2. The number of carboxylic acids is 1. The molecule has 0 aliphatic heterocycles. The van der Waals surface area contributed by atoms with Crippen LogP contribution in [0.25, 0.3) is 0 Å². The molecule has 1 rings (SSSR count). The topological polar surface area (TPSA) is 118 Å². The van der Waals surface area contributed by atoms with Gasteiger partial charge >= 0.3 is 5.97 Å². The highest BCUT2D eigenvalue weighted by atomic mass is 32.2. The van der Waals surface area contributed by atoms with Crippen molar-refractivity contribution >= 4 is 21.7 Å². The monoisotopic (exact) mass is 312 g/mol. The van der Waals surface area contributed by atoms with Gasteiger partial charge in [-0.1, -0.05) is 12.0 Å². The van der Waals surface area contributed by atoms with Gasteiger partial charge in [-0.3, -0.25) is 14.9 Å². The van der Waals surface area contributed by atoms with Gasteiger partial charge in [0, 0.05) is 11.6 Å². The Hall–Kier alpha value is -2.44. The Morgan fingerprint density at radius 1 is 1.52 bits per heavy atom. The van der Waals surface area contributed by atoms with Crippen LogP contribution in [-0.4, -0.2) is 41.8 Å². The second kappa shape index (κ2) is 6.34. The third kappa shape index (κ3) is 3.56.